The van der Waals surface area contributed by atoms with E-state index >= 15 is 0 Å². The smallest absolute Gasteiger partial charge is 0.405 e. The van der Waals surface area contributed by atoms with E-state index < -0.39 is 18.0 Å². The van der Waals surface area contributed by atoms with Gasteiger partial charge < -0.3 is 4.74 Å². The lowest BCUT2D eigenvalue weighted by Gasteiger charge is -2.12. The van der Waals surface area contributed by atoms with Crippen LogP contribution in [0.1, 0.15) is 16.2 Å². The number of amides is 1. The molecule has 1 amide bonds. The zero-order chi connectivity index (χ0) is 14.8. The summed E-state index contributed by atoms with van der Waals surface area (Å²) in [6.45, 7) is 3.43. The quantitative estimate of drug-likeness (QED) is 0.905. The highest BCUT2D eigenvalue weighted by molar-refractivity contribution is 6.05. The SMILES string of the molecule is [CH2]c1nc(NC(=O)c2ccccc2OC(F)(F)F)n[nH]1. The third kappa shape index (κ3) is 3.46. The van der Waals surface area contributed by atoms with Crippen LogP contribution >= 0.6 is 0 Å². The second-order valence-corrected chi connectivity index (χ2v) is 3.60. The Morgan fingerprint density at radius 2 is 2.05 bits per heavy atom. The van der Waals surface area contributed by atoms with E-state index in [1.165, 1.54) is 18.2 Å². The molecule has 0 aliphatic heterocycles. The van der Waals surface area contributed by atoms with Crippen molar-refractivity contribution < 1.29 is 22.7 Å². The third-order valence-corrected chi connectivity index (χ3v) is 2.11. The summed E-state index contributed by atoms with van der Waals surface area (Å²) in [7, 11) is 0. The van der Waals surface area contributed by atoms with Crippen LogP contribution in [0.2, 0.25) is 0 Å². The molecular weight excluding hydrogens is 277 g/mol. The Labute approximate surface area is 111 Å². The number of ether oxygens (including phenoxy) is 1. The minimum atomic E-state index is -4.89. The van der Waals surface area contributed by atoms with E-state index in [2.05, 4.69) is 32.2 Å². The minimum absolute atomic E-state index is 0.0955. The van der Waals surface area contributed by atoms with Crippen LogP contribution in [0.3, 0.4) is 0 Å². The van der Waals surface area contributed by atoms with Crippen molar-refractivity contribution in [3.8, 4) is 5.75 Å². The molecule has 0 spiro atoms. The van der Waals surface area contributed by atoms with Crippen LogP contribution < -0.4 is 10.1 Å². The molecule has 2 N–H and O–H groups in total. The predicted molar refractivity (Wildman–Crippen MR) is 61.9 cm³/mol. The van der Waals surface area contributed by atoms with Gasteiger partial charge in [-0.1, -0.05) is 12.1 Å². The number of para-hydroxylation sites is 1. The van der Waals surface area contributed by atoms with Crippen molar-refractivity contribution in [2.24, 2.45) is 0 Å². The number of H-pyrrole nitrogens is 1. The number of hydrogen-bond acceptors (Lipinski definition) is 4. The van der Waals surface area contributed by atoms with Crippen LogP contribution in [0.5, 0.6) is 5.75 Å². The number of nitrogens with zero attached hydrogens (tertiary/aromatic N) is 2. The summed E-state index contributed by atoms with van der Waals surface area (Å²) < 4.78 is 40.4. The summed E-state index contributed by atoms with van der Waals surface area (Å²) >= 11 is 0. The number of benzene rings is 1. The van der Waals surface area contributed by atoms with Gasteiger partial charge in [-0.15, -0.1) is 18.3 Å². The molecule has 0 saturated carbocycles. The van der Waals surface area contributed by atoms with E-state index in [0.717, 1.165) is 6.07 Å². The van der Waals surface area contributed by atoms with Crippen molar-refractivity contribution in [1.82, 2.24) is 15.2 Å². The largest absolute Gasteiger partial charge is 0.573 e. The van der Waals surface area contributed by atoms with Crippen molar-refractivity contribution >= 4 is 11.9 Å². The molecule has 0 saturated heterocycles. The summed E-state index contributed by atoms with van der Waals surface area (Å²) in [5.74, 6) is -1.33. The fourth-order valence-corrected chi connectivity index (χ4v) is 1.39. The molecule has 6 nitrogen and oxygen atoms in total. The Morgan fingerprint density at radius 3 is 2.65 bits per heavy atom. The van der Waals surface area contributed by atoms with Gasteiger partial charge in [0.2, 0.25) is 5.95 Å². The summed E-state index contributed by atoms with van der Waals surface area (Å²) in [5.41, 5.74) is -0.291. The summed E-state index contributed by atoms with van der Waals surface area (Å²) in [5, 5.41) is 8.20. The Morgan fingerprint density at radius 1 is 1.35 bits per heavy atom. The molecule has 1 radical (unpaired) electrons. The second kappa shape index (κ2) is 5.19. The van der Waals surface area contributed by atoms with Gasteiger partial charge in [-0.3, -0.25) is 15.2 Å². The van der Waals surface area contributed by atoms with Crippen molar-refractivity contribution in [1.29, 1.82) is 0 Å². The molecule has 0 bridgehead atoms. The highest BCUT2D eigenvalue weighted by Gasteiger charge is 2.32. The van der Waals surface area contributed by atoms with E-state index in [9.17, 15) is 18.0 Å². The Hall–Kier alpha value is -2.58. The van der Waals surface area contributed by atoms with Crippen LogP contribution in [0.15, 0.2) is 24.3 Å². The van der Waals surface area contributed by atoms with Gasteiger partial charge in [-0.2, -0.15) is 4.98 Å². The maximum atomic E-state index is 12.2. The predicted octanol–water partition coefficient (Wildman–Crippen LogP) is 2.14. The Balaban J connectivity index is 2.21. The third-order valence-electron chi connectivity index (χ3n) is 2.11. The Kier molecular flexibility index (Phi) is 3.59. The number of rotatable bonds is 3. The number of carbonyl (C=O) groups excluding carboxylic acids is 1. The highest BCUT2D eigenvalue weighted by Crippen LogP contribution is 2.26. The lowest BCUT2D eigenvalue weighted by molar-refractivity contribution is -0.274. The van der Waals surface area contributed by atoms with Gasteiger partial charge in [0.1, 0.15) is 11.6 Å². The molecule has 0 fully saturated rings. The normalized spacial score (nSPS) is 11.2. The molecule has 2 rings (SSSR count). The van der Waals surface area contributed by atoms with Gasteiger partial charge in [0.25, 0.3) is 5.91 Å². The van der Waals surface area contributed by atoms with Crippen molar-refractivity contribution in [3.05, 3.63) is 42.6 Å². The summed E-state index contributed by atoms with van der Waals surface area (Å²) in [4.78, 5) is 15.6. The van der Waals surface area contributed by atoms with Crippen molar-refractivity contribution in [3.63, 3.8) is 0 Å². The van der Waals surface area contributed by atoms with E-state index in [-0.39, 0.29) is 17.3 Å². The van der Waals surface area contributed by atoms with Crippen molar-refractivity contribution in [2.75, 3.05) is 5.32 Å². The first-order valence-corrected chi connectivity index (χ1v) is 5.25. The standard InChI is InChI=1S/C11H8F3N4O2/c1-6-15-10(18-17-6)16-9(19)7-4-2-3-5-8(7)20-11(12,13)14/h2-5H,1H2,(H2,15,16,17,18,19). The van der Waals surface area contributed by atoms with E-state index in [1.807, 2.05) is 0 Å². The van der Waals surface area contributed by atoms with Gasteiger partial charge in [-0.25, -0.2) is 0 Å². The molecular formula is C11H8F3N4O2. The highest BCUT2D eigenvalue weighted by atomic mass is 19.4. The minimum Gasteiger partial charge on any atom is -0.405 e. The lowest BCUT2D eigenvalue weighted by Crippen LogP contribution is -2.21. The van der Waals surface area contributed by atoms with Crippen LogP contribution in [-0.2, 0) is 0 Å². The molecule has 1 heterocycles. The van der Waals surface area contributed by atoms with Gasteiger partial charge in [0, 0.05) is 6.92 Å². The van der Waals surface area contributed by atoms with Crippen LogP contribution in [0.25, 0.3) is 0 Å². The number of carbonyl (C=O) groups is 1. The first kappa shape index (κ1) is 13.8. The number of halogens is 3. The zero-order valence-corrected chi connectivity index (χ0v) is 9.86. The van der Waals surface area contributed by atoms with E-state index in [1.54, 1.807) is 0 Å². The van der Waals surface area contributed by atoms with Crippen molar-refractivity contribution in [2.45, 2.75) is 6.36 Å². The van der Waals surface area contributed by atoms with Crippen LogP contribution in [-0.4, -0.2) is 27.5 Å². The number of aromatic amines is 1. The average molecular weight is 285 g/mol. The summed E-state index contributed by atoms with van der Waals surface area (Å²) in [6, 6.07) is 4.95. The second-order valence-electron chi connectivity index (χ2n) is 3.60. The number of nitrogens with one attached hydrogen (secondary N) is 2. The van der Waals surface area contributed by atoms with E-state index in [0.29, 0.717) is 0 Å². The zero-order valence-electron chi connectivity index (χ0n) is 9.86. The first-order chi connectivity index (χ1) is 9.35. The maximum absolute atomic E-state index is 12.2. The summed E-state index contributed by atoms with van der Waals surface area (Å²) in [6.07, 6.45) is -4.89. The average Bonchev–Trinajstić information content (AvgIpc) is 2.73. The van der Waals surface area contributed by atoms with Gasteiger partial charge in [0.05, 0.1) is 5.56 Å². The van der Waals surface area contributed by atoms with Gasteiger partial charge in [-0.05, 0) is 12.1 Å². The van der Waals surface area contributed by atoms with Crippen LogP contribution in [0, 0.1) is 6.92 Å². The molecule has 1 aromatic heterocycles. The molecule has 0 atom stereocenters. The Bertz CT molecular complexity index is 624. The van der Waals surface area contributed by atoms with Gasteiger partial charge >= 0.3 is 6.36 Å². The lowest BCUT2D eigenvalue weighted by atomic mass is 10.2. The molecule has 2 aromatic rings. The fraction of sp³-hybridized carbons (Fsp3) is 0.0909. The molecule has 0 aliphatic carbocycles. The first-order valence-electron chi connectivity index (χ1n) is 5.25. The number of anilines is 1. The number of hydrogen-bond donors (Lipinski definition) is 2. The number of aromatic nitrogens is 3. The molecule has 20 heavy (non-hydrogen) atoms. The maximum Gasteiger partial charge on any atom is 0.573 e. The van der Waals surface area contributed by atoms with Crippen LogP contribution in [0.4, 0.5) is 19.1 Å². The molecule has 1 aromatic carbocycles. The number of alkyl halides is 3. The monoisotopic (exact) mass is 285 g/mol. The van der Waals surface area contributed by atoms with E-state index in [4.69, 9.17) is 0 Å². The fourth-order valence-electron chi connectivity index (χ4n) is 1.39. The molecule has 0 aliphatic rings. The topological polar surface area (TPSA) is 79.9 Å². The molecule has 105 valence electrons. The molecule has 9 heteroatoms. The van der Waals surface area contributed by atoms with Gasteiger partial charge in [0.15, 0.2) is 0 Å². The molecule has 0 unspecified atom stereocenters.